The van der Waals surface area contributed by atoms with E-state index in [0.29, 0.717) is 0 Å². The van der Waals surface area contributed by atoms with Gasteiger partial charge in [0.05, 0.1) is 6.10 Å². The van der Waals surface area contributed by atoms with Crippen LogP contribution in [0, 0.1) is 0 Å². The normalized spacial score (nSPS) is 14.3. The van der Waals surface area contributed by atoms with Crippen molar-refractivity contribution in [2.24, 2.45) is 0 Å². The molecule has 2 N–H and O–H groups in total. The van der Waals surface area contributed by atoms with Gasteiger partial charge >= 0.3 is 6.09 Å². The maximum Gasteiger partial charge on any atom is 0.411 e. The average molecular weight is 234 g/mol. The number of anilines is 1. The molecule has 17 heavy (non-hydrogen) atoms. The van der Waals surface area contributed by atoms with Gasteiger partial charge in [-0.2, -0.15) is 0 Å². The lowest BCUT2D eigenvalue weighted by atomic mass is 10.0. The molecule has 1 amide bonds. The van der Waals surface area contributed by atoms with E-state index in [9.17, 15) is 4.79 Å². The largest absolute Gasteiger partial charge is 0.447 e. The molecule has 4 nitrogen and oxygen atoms in total. The Labute approximate surface area is 101 Å². The van der Waals surface area contributed by atoms with Gasteiger partial charge in [-0.3, -0.25) is 5.32 Å². The third-order valence-corrected chi connectivity index (χ3v) is 2.68. The summed E-state index contributed by atoms with van der Waals surface area (Å²) in [5.74, 6) is 0. The van der Waals surface area contributed by atoms with E-state index in [1.165, 1.54) is 11.1 Å². The average Bonchev–Trinajstić information content (AvgIpc) is 2.27. The van der Waals surface area contributed by atoms with Crippen molar-refractivity contribution in [2.75, 3.05) is 11.9 Å². The van der Waals surface area contributed by atoms with Gasteiger partial charge in [0.2, 0.25) is 0 Å². The molecule has 0 saturated carbocycles. The standard InChI is InChI=1S/C13H18N2O2/c1-9(2)17-13(16)15-12-4-3-10-5-6-14-8-11(10)7-12/h3-4,7,9,14H,5-6,8H2,1-2H3,(H,15,16). The first-order chi connectivity index (χ1) is 8.15. The molecular formula is C13H18N2O2. The van der Waals surface area contributed by atoms with E-state index in [0.717, 1.165) is 25.2 Å². The highest BCUT2D eigenvalue weighted by molar-refractivity contribution is 5.84. The Bertz CT molecular complexity index is 416. The second-order valence-corrected chi connectivity index (χ2v) is 4.49. The molecule has 4 heteroatoms. The summed E-state index contributed by atoms with van der Waals surface area (Å²) in [4.78, 5) is 11.4. The second kappa shape index (κ2) is 5.19. The maximum atomic E-state index is 11.4. The quantitative estimate of drug-likeness (QED) is 0.825. The highest BCUT2D eigenvalue weighted by Crippen LogP contribution is 2.19. The fourth-order valence-corrected chi connectivity index (χ4v) is 1.92. The van der Waals surface area contributed by atoms with E-state index in [1.807, 2.05) is 26.0 Å². The van der Waals surface area contributed by atoms with Crippen LogP contribution in [-0.4, -0.2) is 18.7 Å². The first-order valence-electron chi connectivity index (χ1n) is 5.95. The predicted molar refractivity (Wildman–Crippen MR) is 67.1 cm³/mol. The Morgan fingerprint density at radius 2 is 2.24 bits per heavy atom. The summed E-state index contributed by atoms with van der Waals surface area (Å²) in [7, 11) is 0. The number of hydrogen-bond donors (Lipinski definition) is 2. The summed E-state index contributed by atoms with van der Waals surface area (Å²) in [5, 5.41) is 6.04. The molecule has 0 radical (unpaired) electrons. The number of rotatable bonds is 2. The summed E-state index contributed by atoms with van der Waals surface area (Å²) < 4.78 is 5.03. The van der Waals surface area contributed by atoms with Gasteiger partial charge in [-0.25, -0.2) is 4.79 Å². The summed E-state index contributed by atoms with van der Waals surface area (Å²) in [6.45, 7) is 5.55. The number of amides is 1. The molecule has 1 aliphatic rings. The number of benzene rings is 1. The zero-order valence-electron chi connectivity index (χ0n) is 10.2. The van der Waals surface area contributed by atoms with E-state index in [4.69, 9.17) is 4.74 Å². The van der Waals surface area contributed by atoms with Crippen molar-refractivity contribution in [3.63, 3.8) is 0 Å². The molecule has 0 bridgehead atoms. The van der Waals surface area contributed by atoms with Gasteiger partial charge in [0, 0.05) is 12.2 Å². The van der Waals surface area contributed by atoms with Crippen molar-refractivity contribution in [1.29, 1.82) is 0 Å². The van der Waals surface area contributed by atoms with Crippen LogP contribution < -0.4 is 10.6 Å². The maximum absolute atomic E-state index is 11.4. The lowest BCUT2D eigenvalue weighted by Crippen LogP contribution is -2.24. The lowest BCUT2D eigenvalue weighted by Gasteiger charge is -2.18. The first kappa shape index (κ1) is 11.9. The summed E-state index contributed by atoms with van der Waals surface area (Å²) in [5.41, 5.74) is 3.39. The van der Waals surface area contributed by atoms with Crippen LogP contribution in [0.15, 0.2) is 18.2 Å². The van der Waals surface area contributed by atoms with Crippen molar-refractivity contribution >= 4 is 11.8 Å². The van der Waals surface area contributed by atoms with E-state index in [-0.39, 0.29) is 6.10 Å². The third kappa shape index (κ3) is 3.20. The minimum atomic E-state index is -0.399. The summed E-state index contributed by atoms with van der Waals surface area (Å²) >= 11 is 0. The minimum absolute atomic E-state index is 0.103. The summed E-state index contributed by atoms with van der Waals surface area (Å²) in [6, 6.07) is 6.00. The smallest absolute Gasteiger partial charge is 0.411 e. The van der Waals surface area contributed by atoms with Gasteiger partial charge in [0.15, 0.2) is 0 Å². The molecule has 0 saturated heterocycles. The monoisotopic (exact) mass is 234 g/mol. The molecule has 0 spiro atoms. The highest BCUT2D eigenvalue weighted by atomic mass is 16.6. The molecule has 1 aromatic rings. The Balaban J connectivity index is 2.04. The Morgan fingerprint density at radius 3 is 3.00 bits per heavy atom. The minimum Gasteiger partial charge on any atom is -0.447 e. The van der Waals surface area contributed by atoms with Gasteiger partial charge in [0.1, 0.15) is 0 Å². The van der Waals surface area contributed by atoms with Crippen LogP contribution in [0.1, 0.15) is 25.0 Å². The van der Waals surface area contributed by atoms with Gasteiger partial charge in [-0.1, -0.05) is 6.07 Å². The molecule has 0 fully saturated rings. The molecule has 1 aromatic carbocycles. The van der Waals surface area contributed by atoms with Gasteiger partial charge in [-0.15, -0.1) is 0 Å². The second-order valence-electron chi connectivity index (χ2n) is 4.49. The molecule has 92 valence electrons. The van der Waals surface area contributed by atoms with E-state index < -0.39 is 6.09 Å². The molecule has 1 aliphatic heterocycles. The van der Waals surface area contributed by atoms with Crippen molar-refractivity contribution < 1.29 is 9.53 Å². The number of carbonyl (C=O) groups excluding carboxylic acids is 1. The fourth-order valence-electron chi connectivity index (χ4n) is 1.92. The van der Waals surface area contributed by atoms with Crippen molar-refractivity contribution in [1.82, 2.24) is 5.32 Å². The van der Waals surface area contributed by atoms with E-state index in [1.54, 1.807) is 0 Å². The fraction of sp³-hybridized carbons (Fsp3) is 0.462. The SMILES string of the molecule is CC(C)OC(=O)Nc1ccc2c(c1)CNCC2. The van der Waals surface area contributed by atoms with Gasteiger partial charge in [-0.05, 0) is 50.1 Å². The Hall–Kier alpha value is -1.55. The van der Waals surface area contributed by atoms with E-state index >= 15 is 0 Å². The summed E-state index contributed by atoms with van der Waals surface area (Å²) in [6.07, 6.45) is 0.546. The van der Waals surface area contributed by atoms with Crippen LogP contribution in [0.3, 0.4) is 0 Å². The molecule has 1 heterocycles. The Kier molecular flexibility index (Phi) is 3.64. The number of hydrogen-bond acceptors (Lipinski definition) is 3. The predicted octanol–water partition coefficient (Wildman–Crippen LogP) is 2.29. The third-order valence-electron chi connectivity index (χ3n) is 2.68. The van der Waals surface area contributed by atoms with Crippen LogP contribution in [0.4, 0.5) is 10.5 Å². The van der Waals surface area contributed by atoms with Crippen LogP contribution >= 0.6 is 0 Å². The topological polar surface area (TPSA) is 50.4 Å². The van der Waals surface area contributed by atoms with Gasteiger partial charge in [0.25, 0.3) is 0 Å². The lowest BCUT2D eigenvalue weighted by molar-refractivity contribution is 0.130. The van der Waals surface area contributed by atoms with Crippen LogP contribution in [-0.2, 0) is 17.7 Å². The molecule has 0 aromatic heterocycles. The highest BCUT2D eigenvalue weighted by Gasteiger charge is 2.10. The molecule has 0 aliphatic carbocycles. The number of nitrogens with one attached hydrogen (secondary N) is 2. The van der Waals surface area contributed by atoms with Crippen LogP contribution in [0.2, 0.25) is 0 Å². The molecule has 2 rings (SSSR count). The number of ether oxygens (including phenoxy) is 1. The number of carbonyl (C=O) groups is 1. The van der Waals surface area contributed by atoms with Crippen molar-refractivity contribution in [2.45, 2.75) is 32.9 Å². The van der Waals surface area contributed by atoms with Crippen LogP contribution in [0.25, 0.3) is 0 Å². The molecular weight excluding hydrogens is 216 g/mol. The zero-order chi connectivity index (χ0) is 12.3. The van der Waals surface area contributed by atoms with Gasteiger partial charge < -0.3 is 10.1 Å². The van der Waals surface area contributed by atoms with Crippen molar-refractivity contribution in [3.05, 3.63) is 29.3 Å². The molecule has 0 unspecified atom stereocenters. The Morgan fingerprint density at radius 1 is 1.41 bits per heavy atom. The van der Waals surface area contributed by atoms with Crippen molar-refractivity contribution in [3.8, 4) is 0 Å². The molecule has 0 atom stereocenters. The van der Waals surface area contributed by atoms with E-state index in [2.05, 4.69) is 16.7 Å². The zero-order valence-corrected chi connectivity index (χ0v) is 10.2. The number of fused-ring (bicyclic) bond motifs is 1. The first-order valence-corrected chi connectivity index (χ1v) is 5.95. The van der Waals surface area contributed by atoms with Crippen LogP contribution in [0.5, 0.6) is 0 Å².